The van der Waals surface area contributed by atoms with E-state index < -0.39 is 0 Å². The number of aromatic nitrogens is 1. The predicted octanol–water partition coefficient (Wildman–Crippen LogP) is 3.90. The third-order valence-corrected chi connectivity index (χ3v) is 5.51. The molecule has 2 aliphatic rings. The van der Waals surface area contributed by atoms with Gasteiger partial charge in [-0.25, -0.2) is 4.39 Å². The van der Waals surface area contributed by atoms with Crippen LogP contribution in [-0.2, 0) is 23.4 Å². The monoisotopic (exact) mass is 326 g/mol. The van der Waals surface area contributed by atoms with Crippen LogP contribution in [0.5, 0.6) is 0 Å². The quantitative estimate of drug-likeness (QED) is 0.837. The van der Waals surface area contributed by atoms with Gasteiger partial charge >= 0.3 is 0 Å². The van der Waals surface area contributed by atoms with Gasteiger partial charge in [-0.15, -0.1) is 0 Å². The smallest absolute Gasteiger partial charge is 0.127 e. The number of rotatable bonds is 2. The van der Waals surface area contributed by atoms with Crippen molar-refractivity contribution >= 4 is 0 Å². The highest BCUT2D eigenvalue weighted by atomic mass is 19.1. The van der Waals surface area contributed by atoms with Gasteiger partial charge in [0.05, 0.1) is 17.9 Å². The molecule has 0 saturated carbocycles. The summed E-state index contributed by atoms with van der Waals surface area (Å²) in [7, 11) is 2.15. The molecule has 0 N–H and O–H groups in total. The molecule has 1 fully saturated rings. The van der Waals surface area contributed by atoms with Crippen LogP contribution in [0, 0.1) is 5.82 Å². The summed E-state index contributed by atoms with van der Waals surface area (Å²) in [4.78, 5) is 6.89. The number of likely N-dealkylation sites (tertiary alicyclic amines) is 1. The van der Waals surface area contributed by atoms with Crippen LogP contribution in [0.3, 0.4) is 0 Å². The zero-order valence-electron chi connectivity index (χ0n) is 14.3. The molecular weight excluding hydrogens is 303 g/mol. The van der Waals surface area contributed by atoms with Crippen LogP contribution in [0.2, 0.25) is 0 Å². The standard InChI is InChI=1S/C20H23FN2O/c1-3-14-4-5-15(10-18(14)21)19-11-17-16(12-22-19)13-24-20(17)6-8-23(2)9-7-20/h4-5,10-12H,3,6-9,13H2,1-2H3. The van der Waals surface area contributed by atoms with E-state index in [1.54, 1.807) is 6.07 Å². The Morgan fingerprint density at radius 3 is 2.75 bits per heavy atom. The van der Waals surface area contributed by atoms with Crippen LogP contribution in [0.25, 0.3) is 11.3 Å². The minimum absolute atomic E-state index is 0.150. The topological polar surface area (TPSA) is 25.4 Å². The summed E-state index contributed by atoms with van der Waals surface area (Å²) in [5, 5.41) is 0. The molecule has 1 saturated heterocycles. The summed E-state index contributed by atoms with van der Waals surface area (Å²) in [6.07, 6.45) is 4.61. The minimum atomic E-state index is -0.179. The molecule has 4 heteroatoms. The van der Waals surface area contributed by atoms with Gasteiger partial charge in [-0.1, -0.05) is 19.1 Å². The van der Waals surface area contributed by atoms with Crippen molar-refractivity contribution in [3.63, 3.8) is 0 Å². The Balaban J connectivity index is 1.72. The van der Waals surface area contributed by atoms with Gasteiger partial charge in [0.2, 0.25) is 0 Å². The number of benzene rings is 1. The molecule has 0 radical (unpaired) electrons. The Hall–Kier alpha value is -1.78. The second kappa shape index (κ2) is 5.94. The van der Waals surface area contributed by atoms with Crippen molar-refractivity contribution in [1.29, 1.82) is 0 Å². The fourth-order valence-electron chi connectivity index (χ4n) is 3.86. The van der Waals surface area contributed by atoms with E-state index >= 15 is 0 Å². The normalized spacial score (nSPS) is 19.6. The van der Waals surface area contributed by atoms with Crippen LogP contribution in [0.4, 0.5) is 4.39 Å². The summed E-state index contributed by atoms with van der Waals surface area (Å²) in [5.41, 5.74) is 4.66. The SMILES string of the molecule is CCc1ccc(-c2cc3c(cn2)COC32CCN(C)CC2)cc1F. The van der Waals surface area contributed by atoms with Crippen molar-refractivity contribution < 1.29 is 9.13 Å². The van der Waals surface area contributed by atoms with Gasteiger partial charge in [0.25, 0.3) is 0 Å². The van der Waals surface area contributed by atoms with Crippen molar-refractivity contribution in [2.45, 2.75) is 38.4 Å². The lowest BCUT2D eigenvalue weighted by molar-refractivity contribution is -0.0755. The maximum Gasteiger partial charge on any atom is 0.127 e. The Morgan fingerprint density at radius 1 is 1.25 bits per heavy atom. The highest BCUT2D eigenvalue weighted by Gasteiger charge is 2.42. The molecular formula is C20H23FN2O. The lowest BCUT2D eigenvalue weighted by Crippen LogP contribution is -2.40. The van der Waals surface area contributed by atoms with Gasteiger partial charge < -0.3 is 9.64 Å². The molecule has 126 valence electrons. The molecule has 2 aromatic rings. The van der Waals surface area contributed by atoms with Crippen LogP contribution in [0.1, 0.15) is 36.5 Å². The number of ether oxygens (including phenoxy) is 1. The lowest BCUT2D eigenvalue weighted by Gasteiger charge is -2.37. The zero-order chi connectivity index (χ0) is 16.7. The molecule has 3 heterocycles. The number of aryl methyl sites for hydroxylation is 1. The fraction of sp³-hybridized carbons (Fsp3) is 0.450. The summed E-state index contributed by atoms with van der Waals surface area (Å²) >= 11 is 0. The second-order valence-corrected chi connectivity index (χ2v) is 6.97. The molecule has 0 amide bonds. The maximum atomic E-state index is 14.1. The summed E-state index contributed by atoms with van der Waals surface area (Å²) in [5.74, 6) is -0.150. The highest BCUT2D eigenvalue weighted by Crippen LogP contribution is 2.44. The van der Waals surface area contributed by atoms with Gasteiger partial charge in [-0.2, -0.15) is 0 Å². The van der Waals surface area contributed by atoms with Crippen molar-refractivity contribution in [3.05, 3.63) is 53.0 Å². The number of halogens is 1. The first-order valence-electron chi connectivity index (χ1n) is 8.72. The first-order valence-corrected chi connectivity index (χ1v) is 8.72. The van der Waals surface area contributed by atoms with Crippen LogP contribution in [0.15, 0.2) is 30.5 Å². The van der Waals surface area contributed by atoms with E-state index in [-0.39, 0.29) is 11.4 Å². The van der Waals surface area contributed by atoms with E-state index in [1.807, 2.05) is 25.3 Å². The molecule has 1 aromatic heterocycles. The third-order valence-electron chi connectivity index (χ3n) is 5.51. The first-order chi connectivity index (χ1) is 11.6. The molecule has 0 atom stereocenters. The van der Waals surface area contributed by atoms with E-state index in [1.165, 1.54) is 11.1 Å². The first kappa shape index (κ1) is 15.7. The molecule has 0 aliphatic carbocycles. The Bertz CT molecular complexity index is 766. The zero-order valence-corrected chi connectivity index (χ0v) is 14.3. The van der Waals surface area contributed by atoms with E-state index in [4.69, 9.17) is 4.74 Å². The molecule has 2 aliphatic heterocycles. The van der Waals surface area contributed by atoms with E-state index in [0.717, 1.165) is 42.8 Å². The molecule has 3 nitrogen and oxygen atoms in total. The second-order valence-electron chi connectivity index (χ2n) is 6.97. The largest absolute Gasteiger partial charge is 0.365 e. The summed E-state index contributed by atoms with van der Waals surface area (Å²) in [6.45, 7) is 4.68. The number of fused-ring (bicyclic) bond motifs is 2. The predicted molar refractivity (Wildman–Crippen MR) is 92.2 cm³/mol. The van der Waals surface area contributed by atoms with Crippen molar-refractivity contribution in [3.8, 4) is 11.3 Å². The van der Waals surface area contributed by atoms with Gasteiger partial charge in [-0.3, -0.25) is 4.98 Å². The van der Waals surface area contributed by atoms with Crippen molar-refractivity contribution in [2.24, 2.45) is 0 Å². The number of hydrogen-bond acceptors (Lipinski definition) is 3. The molecule has 0 bridgehead atoms. The van der Waals surface area contributed by atoms with Crippen LogP contribution in [-0.4, -0.2) is 30.0 Å². The summed E-state index contributed by atoms with van der Waals surface area (Å²) in [6, 6.07) is 7.55. The van der Waals surface area contributed by atoms with E-state index in [0.29, 0.717) is 13.0 Å². The van der Waals surface area contributed by atoms with Gasteiger partial charge in [0.1, 0.15) is 5.82 Å². The molecule has 0 unspecified atom stereocenters. The average molecular weight is 326 g/mol. The number of hydrogen-bond donors (Lipinski definition) is 0. The highest BCUT2D eigenvalue weighted by molar-refractivity contribution is 5.62. The van der Waals surface area contributed by atoms with E-state index in [9.17, 15) is 4.39 Å². The van der Waals surface area contributed by atoms with Gasteiger partial charge in [0, 0.05) is 30.4 Å². The lowest BCUT2D eigenvalue weighted by atomic mass is 9.84. The minimum Gasteiger partial charge on any atom is -0.365 e. The molecule has 1 aromatic carbocycles. The van der Waals surface area contributed by atoms with Crippen LogP contribution < -0.4 is 0 Å². The van der Waals surface area contributed by atoms with Gasteiger partial charge in [-0.05, 0) is 49.6 Å². The third kappa shape index (κ3) is 2.54. The Labute approximate surface area is 142 Å². The number of nitrogens with zero attached hydrogens (tertiary/aromatic N) is 2. The Kier molecular flexibility index (Phi) is 3.89. The summed E-state index contributed by atoms with van der Waals surface area (Å²) < 4.78 is 20.4. The van der Waals surface area contributed by atoms with Crippen molar-refractivity contribution in [2.75, 3.05) is 20.1 Å². The van der Waals surface area contributed by atoms with E-state index in [2.05, 4.69) is 23.0 Å². The maximum absolute atomic E-state index is 14.1. The molecule has 4 rings (SSSR count). The Morgan fingerprint density at radius 2 is 2.04 bits per heavy atom. The number of piperidine rings is 1. The fourth-order valence-corrected chi connectivity index (χ4v) is 3.86. The molecule has 24 heavy (non-hydrogen) atoms. The number of pyridine rings is 1. The van der Waals surface area contributed by atoms with Crippen LogP contribution >= 0.6 is 0 Å². The van der Waals surface area contributed by atoms with Gasteiger partial charge in [0.15, 0.2) is 0 Å². The average Bonchev–Trinajstić information content (AvgIpc) is 2.95. The molecule has 1 spiro atoms. The van der Waals surface area contributed by atoms with Crippen molar-refractivity contribution in [1.82, 2.24) is 9.88 Å².